The molecular formula is C13H14F4N2O. The van der Waals surface area contributed by atoms with Gasteiger partial charge in [-0.1, -0.05) is 6.07 Å². The lowest BCUT2D eigenvalue weighted by Crippen LogP contribution is -2.37. The van der Waals surface area contributed by atoms with E-state index in [4.69, 9.17) is 0 Å². The van der Waals surface area contributed by atoms with Crippen molar-refractivity contribution in [3.05, 3.63) is 35.1 Å². The highest BCUT2D eigenvalue weighted by Gasteiger charge is 2.36. The van der Waals surface area contributed by atoms with Crippen LogP contribution in [0.1, 0.15) is 22.3 Å². The van der Waals surface area contributed by atoms with Crippen molar-refractivity contribution in [2.75, 3.05) is 20.1 Å². The number of amides is 1. The third-order valence-corrected chi connectivity index (χ3v) is 3.28. The third kappa shape index (κ3) is 3.09. The number of carbonyl (C=O) groups is 1. The summed E-state index contributed by atoms with van der Waals surface area (Å²) in [4.78, 5) is 13.8. The number of likely N-dealkylation sites (N-methyl/N-ethyl adjacent to an activating group) is 1. The first-order valence-corrected chi connectivity index (χ1v) is 6.14. The number of nitrogens with one attached hydrogen (secondary N) is 1. The zero-order valence-corrected chi connectivity index (χ0v) is 10.8. The molecule has 1 fully saturated rings. The predicted molar refractivity (Wildman–Crippen MR) is 64.8 cm³/mol. The number of alkyl halides is 3. The Morgan fingerprint density at radius 3 is 2.65 bits per heavy atom. The molecule has 1 atom stereocenters. The van der Waals surface area contributed by atoms with Gasteiger partial charge in [0.2, 0.25) is 0 Å². The fourth-order valence-corrected chi connectivity index (χ4v) is 2.24. The first-order valence-electron chi connectivity index (χ1n) is 6.14. The largest absolute Gasteiger partial charge is 0.419 e. The minimum Gasteiger partial charge on any atom is -0.348 e. The zero-order valence-electron chi connectivity index (χ0n) is 10.8. The average molecular weight is 290 g/mol. The van der Waals surface area contributed by atoms with Gasteiger partial charge in [0.15, 0.2) is 0 Å². The van der Waals surface area contributed by atoms with Crippen molar-refractivity contribution in [2.24, 2.45) is 0 Å². The fraction of sp³-hybridized carbons (Fsp3) is 0.462. The Kier molecular flexibility index (Phi) is 3.99. The minimum absolute atomic E-state index is 0.165. The SMILES string of the molecule is CN1CCC(NC(=O)c2cccc(C(F)(F)F)c2F)C1. The van der Waals surface area contributed by atoms with Gasteiger partial charge in [0.25, 0.3) is 5.91 Å². The van der Waals surface area contributed by atoms with Crippen LogP contribution in [0.4, 0.5) is 17.6 Å². The van der Waals surface area contributed by atoms with Gasteiger partial charge in [-0.2, -0.15) is 13.2 Å². The van der Waals surface area contributed by atoms with Crippen molar-refractivity contribution in [2.45, 2.75) is 18.6 Å². The molecule has 0 spiro atoms. The van der Waals surface area contributed by atoms with E-state index in [2.05, 4.69) is 5.32 Å². The van der Waals surface area contributed by atoms with Gasteiger partial charge < -0.3 is 10.2 Å². The van der Waals surface area contributed by atoms with Crippen LogP contribution in [0.15, 0.2) is 18.2 Å². The predicted octanol–water partition coefficient (Wildman–Crippen LogP) is 2.28. The summed E-state index contributed by atoms with van der Waals surface area (Å²) in [6.07, 6.45) is -4.11. The van der Waals surface area contributed by atoms with E-state index in [1.165, 1.54) is 0 Å². The Labute approximate surface area is 113 Å². The molecule has 0 aliphatic carbocycles. The van der Waals surface area contributed by atoms with Gasteiger partial charge in [0, 0.05) is 12.6 Å². The van der Waals surface area contributed by atoms with Crippen LogP contribution >= 0.6 is 0 Å². The summed E-state index contributed by atoms with van der Waals surface area (Å²) in [7, 11) is 1.87. The second kappa shape index (κ2) is 5.40. The normalized spacial score (nSPS) is 20.1. The number of hydrogen-bond donors (Lipinski definition) is 1. The molecule has 3 nitrogen and oxygen atoms in total. The molecular weight excluding hydrogens is 276 g/mol. The van der Waals surface area contributed by atoms with E-state index < -0.39 is 29.0 Å². The van der Waals surface area contributed by atoms with Gasteiger partial charge in [-0.25, -0.2) is 4.39 Å². The molecule has 1 amide bonds. The minimum atomic E-state index is -4.81. The van der Waals surface area contributed by atoms with Crippen molar-refractivity contribution in [3.63, 3.8) is 0 Å². The first kappa shape index (κ1) is 14.8. The van der Waals surface area contributed by atoms with Crippen molar-refractivity contribution in [3.8, 4) is 0 Å². The van der Waals surface area contributed by atoms with Gasteiger partial charge in [-0.3, -0.25) is 4.79 Å². The van der Waals surface area contributed by atoms with E-state index in [-0.39, 0.29) is 6.04 Å². The lowest BCUT2D eigenvalue weighted by molar-refractivity contribution is -0.140. The second-order valence-corrected chi connectivity index (χ2v) is 4.89. The van der Waals surface area contributed by atoms with E-state index in [1.54, 1.807) is 0 Å². The lowest BCUT2D eigenvalue weighted by Gasteiger charge is -2.15. The Bertz CT molecular complexity index is 516. The standard InChI is InChI=1S/C13H14F4N2O/c1-19-6-5-8(7-19)18-12(20)9-3-2-4-10(11(9)14)13(15,16)17/h2-4,8H,5-7H2,1H3,(H,18,20). The molecule has 2 rings (SSSR count). The summed E-state index contributed by atoms with van der Waals surface area (Å²) in [5.74, 6) is -2.34. The number of hydrogen-bond acceptors (Lipinski definition) is 2. The van der Waals surface area contributed by atoms with Gasteiger partial charge >= 0.3 is 6.18 Å². The molecule has 7 heteroatoms. The topological polar surface area (TPSA) is 32.3 Å². The maximum atomic E-state index is 13.8. The highest BCUT2D eigenvalue weighted by atomic mass is 19.4. The Morgan fingerprint density at radius 2 is 2.10 bits per heavy atom. The number of rotatable bonds is 2. The number of nitrogens with zero attached hydrogens (tertiary/aromatic N) is 1. The van der Waals surface area contributed by atoms with Gasteiger partial charge in [0.1, 0.15) is 5.82 Å². The molecule has 0 aromatic heterocycles. The summed E-state index contributed by atoms with van der Waals surface area (Å²) in [6.45, 7) is 1.39. The molecule has 0 saturated carbocycles. The molecule has 1 aromatic rings. The maximum absolute atomic E-state index is 13.8. The molecule has 20 heavy (non-hydrogen) atoms. The van der Waals surface area contributed by atoms with Crippen LogP contribution < -0.4 is 5.32 Å². The van der Waals surface area contributed by atoms with Crippen molar-refractivity contribution < 1.29 is 22.4 Å². The van der Waals surface area contributed by atoms with E-state index in [1.807, 2.05) is 11.9 Å². The Hall–Kier alpha value is -1.63. The zero-order chi connectivity index (χ0) is 14.9. The first-order chi connectivity index (χ1) is 9.29. The molecule has 1 N–H and O–H groups in total. The lowest BCUT2D eigenvalue weighted by atomic mass is 10.1. The number of carbonyl (C=O) groups excluding carboxylic acids is 1. The molecule has 0 radical (unpaired) electrons. The summed E-state index contributed by atoms with van der Waals surface area (Å²) >= 11 is 0. The third-order valence-electron chi connectivity index (χ3n) is 3.28. The molecule has 1 heterocycles. The number of halogens is 4. The summed E-state index contributed by atoms with van der Waals surface area (Å²) < 4.78 is 51.5. The molecule has 110 valence electrons. The van der Waals surface area contributed by atoms with Gasteiger partial charge in [-0.05, 0) is 32.1 Å². The van der Waals surface area contributed by atoms with Crippen LogP contribution in [-0.2, 0) is 6.18 Å². The van der Waals surface area contributed by atoms with Crippen LogP contribution in [-0.4, -0.2) is 37.0 Å². The van der Waals surface area contributed by atoms with Crippen LogP contribution in [0.3, 0.4) is 0 Å². The van der Waals surface area contributed by atoms with Gasteiger partial charge in [0.05, 0.1) is 11.1 Å². The molecule has 1 saturated heterocycles. The number of likely N-dealkylation sites (tertiary alicyclic amines) is 1. The van der Waals surface area contributed by atoms with E-state index in [0.29, 0.717) is 19.0 Å². The van der Waals surface area contributed by atoms with Crippen molar-refractivity contribution >= 4 is 5.91 Å². The van der Waals surface area contributed by atoms with Crippen LogP contribution in [0.5, 0.6) is 0 Å². The highest BCUT2D eigenvalue weighted by molar-refractivity contribution is 5.95. The fourth-order valence-electron chi connectivity index (χ4n) is 2.24. The van der Waals surface area contributed by atoms with E-state index >= 15 is 0 Å². The van der Waals surface area contributed by atoms with Crippen LogP contribution in [0.2, 0.25) is 0 Å². The maximum Gasteiger partial charge on any atom is 0.419 e. The smallest absolute Gasteiger partial charge is 0.348 e. The van der Waals surface area contributed by atoms with Crippen LogP contribution in [0.25, 0.3) is 0 Å². The van der Waals surface area contributed by atoms with E-state index in [0.717, 1.165) is 18.7 Å². The Balaban J connectivity index is 2.18. The average Bonchev–Trinajstić information content (AvgIpc) is 2.73. The number of benzene rings is 1. The Morgan fingerprint density at radius 1 is 1.40 bits per heavy atom. The van der Waals surface area contributed by atoms with Gasteiger partial charge in [-0.15, -0.1) is 0 Å². The molecule has 0 bridgehead atoms. The summed E-state index contributed by atoms with van der Waals surface area (Å²) in [5, 5.41) is 2.56. The second-order valence-electron chi connectivity index (χ2n) is 4.89. The molecule has 1 aliphatic heterocycles. The monoisotopic (exact) mass is 290 g/mol. The molecule has 1 aliphatic rings. The van der Waals surface area contributed by atoms with E-state index in [9.17, 15) is 22.4 Å². The quantitative estimate of drug-likeness (QED) is 0.848. The van der Waals surface area contributed by atoms with Crippen molar-refractivity contribution in [1.82, 2.24) is 10.2 Å². The molecule has 1 aromatic carbocycles. The summed E-state index contributed by atoms with van der Waals surface area (Å²) in [5.41, 5.74) is -2.00. The molecule has 1 unspecified atom stereocenters. The van der Waals surface area contributed by atoms with Crippen molar-refractivity contribution in [1.29, 1.82) is 0 Å². The van der Waals surface area contributed by atoms with Crippen LogP contribution in [0, 0.1) is 5.82 Å². The highest BCUT2D eigenvalue weighted by Crippen LogP contribution is 2.32. The summed E-state index contributed by atoms with van der Waals surface area (Å²) in [6, 6.07) is 2.54.